The van der Waals surface area contributed by atoms with Crippen molar-refractivity contribution in [1.29, 1.82) is 0 Å². The molecule has 116 valence electrons. The molecule has 2 nitrogen and oxygen atoms in total. The maximum atomic E-state index is 13.1. The van der Waals surface area contributed by atoms with E-state index in [1.165, 1.54) is 0 Å². The van der Waals surface area contributed by atoms with Crippen molar-refractivity contribution in [2.24, 2.45) is 0 Å². The number of rotatable bonds is 3. The van der Waals surface area contributed by atoms with Gasteiger partial charge in [0.2, 0.25) is 0 Å². The minimum Gasteiger partial charge on any atom is -0.334 e. The van der Waals surface area contributed by atoms with Crippen LogP contribution < -0.4 is 4.57 Å². The van der Waals surface area contributed by atoms with Gasteiger partial charge in [-0.05, 0) is 24.3 Å². The molecular weight excluding hydrogens is 357 g/mol. The van der Waals surface area contributed by atoms with E-state index in [-0.39, 0.29) is 5.91 Å². The quantitative estimate of drug-likeness (QED) is 0.593. The molecule has 2 aromatic rings. The number of anilines is 1. The number of carbonyl (C=O) groups excluding carboxylic acids is 1. The molecule has 1 amide bonds. The topological polar surface area (TPSA) is 20.3 Å². The zero-order valence-corrected chi connectivity index (χ0v) is 15.8. The van der Waals surface area contributed by atoms with Crippen LogP contribution in [0, 0.1) is 0 Å². The van der Waals surface area contributed by atoms with Crippen LogP contribution in [0.15, 0.2) is 42.5 Å². The Morgan fingerprint density at radius 3 is 1.86 bits per heavy atom. The highest BCUT2D eigenvalue weighted by Gasteiger charge is 2.34. The minimum absolute atomic E-state index is 0.181. The van der Waals surface area contributed by atoms with Crippen molar-refractivity contribution >= 4 is 54.6 Å². The number of hydrogen-bond donors (Lipinski definition) is 0. The van der Waals surface area contributed by atoms with Crippen LogP contribution in [0.1, 0.15) is 10.4 Å². The van der Waals surface area contributed by atoms with E-state index in [1.807, 2.05) is 0 Å². The van der Waals surface area contributed by atoms with E-state index >= 15 is 0 Å². The van der Waals surface area contributed by atoms with E-state index in [9.17, 15) is 4.79 Å². The van der Waals surface area contributed by atoms with Crippen molar-refractivity contribution in [2.75, 3.05) is 4.57 Å². The Morgan fingerprint density at radius 1 is 0.864 bits per heavy atom. The van der Waals surface area contributed by atoms with E-state index in [2.05, 4.69) is 19.6 Å². The standard InChI is InChI=1S/C16H16Cl3NOSi/c1-22(2,3)20(15-13(18)9-6-10-14(15)19)16(21)11-7-4-5-8-12(11)17/h4-10H,1-3H3. The van der Waals surface area contributed by atoms with E-state index in [4.69, 9.17) is 34.8 Å². The van der Waals surface area contributed by atoms with Gasteiger partial charge in [0.1, 0.15) is 0 Å². The van der Waals surface area contributed by atoms with Crippen molar-refractivity contribution in [3.8, 4) is 0 Å². The molecule has 0 saturated carbocycles. The average Bonchev–Trinajstić information content (AvgIpc) is 2.41. The largest absolute Gasteiger partial charge is 0.334 e. The summed E-state index contributed by atoms with van der Waals surface area (Å²) >= 11 is 18.8. The lowest BCUT2D eigenvalue weighted by molar-refractivity contribution is 0.100. The van der Waals surface area contributed by atoms with Gasteiger partial charge in [-0.25, -0.2) is 0 Å². The summed E-state index contributed by atoms with van der Waals surface area (Å²) in [6, 6.07) is 12.2. The van der Waals surface area contributed by atoms with Crippen LogP contribution in [0.5, 0.6) is 0 Å². The van der Waals surface area contributed by atoms with Gasteiger partial charge in [-0.15, -0.1) is 0 Å². The molecule has 0 N–H and O–H groups in total. The number of hydrogen-bond acceptors (Lipinski definition) is 1. The van der Waals surface area contributed by atoms with Crippen molar-refractivity contribution in [3.05, 3.63) is 63.1 Å². The van der Waals surface area contributed by atoms with Crippen LogP contribution in [0.3, 0.4) is 0 Å². The van der Waals surface area contributed by atoms with Crippen molar-refractivity contribution in [2.45, 2.75) is 19.6 Å². The Morgan fingerprint density at radius 2 is 1.36 bits per heavy atom. The Balaban J connectivity index is 2.63. The van der Waals surface area contributed by atoms with Crippen LogP contribution in [-0.4, -0.2) is 14.1 Å². The monoisotopic (exact) mass is 371 g/mol. The van der Waals surface area contributed by atoms with Crippen LogP contribution in [0.2, 0.25) is 34.7 Å². The molecule has 0 unspecified atom stereocenters. The fourth-order valence-electron chi connectivity index (χ4n) is 2.20. The maximum Gasteiger partial charge on any atom is 0.251 e. The summed E-state index contributed by atoms with van der Waals surface area (Å²) in [7, 11) is -2.10. The average molecular weight is 373 g/mol. The molecule has 0 bridgehead atoms. The molecule has 2 rings (SSSR count). The first-order chi connectivity index (χ1) is 10.2. The summed E-state index contributed by atoms with van der Waals surface area (Å²) < 4.78 is 1.72. The maximum absolute atomic E-state index is 13.1. The van der Waals surface area contributed by atoms with E-state index < -0.39 is 8.24 Å². The Hall–Kier alpha value is -1.00. The van der Waals surface area contributed by atoms with Gasteiger partial charge in [-0.3, -0.25) is 4.79 Å². The van der Waals surface area contributed by atoms with Gasteiger partial charge in [-0.2, -0.15) is 0 Å². The molecule has 0 aliphatic carbocycles. The summed E-state index contributed by atoms with van der Waals surface area (Å²) in [5.74, 6) is -0.181. The van der Waals surface area contributed by atoms with Gasteiger partial charge in [0, 0.05) is 0 Å². The molecule has 0 fully saturated rings. The van der Waals surface area contributed by atoms with Crippen LogP contribution in [0.25, 0.3) is 0 Å². The molecule has 0 aliphatic heterocycles. The Kier molecular flexibility index (Phi) is 5.23. The molecule has 0 radical (unpaired) electrons. The zero-order chi connectivity index (χ0) is 16.5. The van der Waals surface area contributed by atoms with E-state index in [1.54, 1.807) is 47.0 Å². The normalized spacial score (nSPS) is 11.4. The molecule has 6 heteroatoms. The first-order valence-electron chi connectivity index (χ1n) is 6.76. The van der Waals surface area contributed by atoms with E-state index in [0.29, 0.717) is 26.3 Å². The van der Waals surface area contributed by atoms with Gasteiger partial charge in [0.25, 0.3) is 5.91 Å². The molecule has 2 aromatic carbocycles. The molecule has 0 aliphatic rings. The SMILES string of the molecule is C[Si](C)(C)N(C(=O)c1ccccc1Cl)c1c(Cl)cccc1Cl. The summed E-state index contributed by atoms with van der Waals surface area (Å²) in [4.78, 5) is 13.1. The van der Waals surface area contributed by atoms with Crippen molar-refractivity contribution in [1.82, 2.24) is 0 Å². The van der Waals surface area contributed by atoms with Gasteiger partial charge in [0.05, 0.1) is 26.3 Å². The van der Waals surface area contributed by atoms with Crippen LogP contribution in [-0.2, 0) is 0 Å². The lowest BCUT2D eigenvalue weighted by atomic mass is 10.2. The fourth-order valence-corrected chi connectivity index (χ4v) is 4.77. The van der Waals surface area contributed by atoms with Gasteiger partial charge in [-0.1, -0.05) is 72.6 Å². The molecule has 0 atom stereocenters. The summed E-state index contributed by atoms with van der Waals surface area (Å²) in [5, 5.41) is 1.32. The van der Waals surface area contributed by atoms with Crippen molar-refractivity contribution < 1.29 is 4.79 Å². The third-order valence-corrected chi connectivity index (χ3v) is 5.85. The smallest absolute Gasteiger partial charge is 0.251 e. The van der Waals surface area contributed by atoms with Gasteiger partial charge >= 0.3 is 0 Å². The van der Waals surface area contributed by atoms with Crippen LogP contribution >= 0.6 is 34.8 Å². The first-order valence-corrected chi connectivity index (χ1v) is 11.3. The fraction of sp³-hybridized carbons (Fsp3) is 0.188. The lowest BCUT2D eigenvalue weighted by Crippen LogP contribution is -2.50. The predicted octanol–water partition coefficient (Wildman–Crippen LogP) is 6.13. The molecule has 0 heterocycles. The molecular formula is C16H16Cl3NOSi. The van der Waals surface area contributed by atoms with E-state index in [0.717, 1.165) is 0 Å². The number of nitrogens with zero attached hydrogens (tertiary/aromatic N) is 1. The Bertz CT molecular complexity index is 693. The number of halogens is 3. The predicted molar refractivity (Wildman–Crippen MR) is 98.1 cm³/mol. The van der Waals surface area contributed by atoms with Gasteiger partial charge in [0.15, 0.2) is 8.24 Å². The second kappa shape index (κ2) is 6.63. The molecule has 22 heavy (non-hydrogen) atoms. The molecule has 0 spiro atoms. The molecule has 0 aromatic heterocycles. The highest BCUT2D eigenvalue weighted by atomic mass is 35.5. The summed E-state index contributed by atoms with van der Waals surface area (Å²) in [5.41, 5.74) is 0.998. The summed E-state index contributed by atoms with van der Waals surface area (Å²) in [6.45, 7) is 6.17. The summed E-state index contributed by atoms with van der Waals surface area (Å²) in [6.07, 6.45) is 0. The second-order valence-electron chi connectivity index (χ2n) is 5.86. The minimum atomic E-state index is -2.10. The second-order valence-corrected chi connectivity index (χ2v) is 11.9. The lowest BCUT2D eigenvalue weighted by Gasteiger charge is -2.35. The van der Waals surface area contributed by atoms with Crippen LogP contribution in [0.4, 0.5) is 5.69 Å². The third kappa shape index (κ3) is 3.49. The highest BCUT2D eigenvalue weighted by Crippen LogP contribution is 2.37. The highest BCUT2D eigenvalue weighted by molar-refractivity contribution is 6.84. The van der Waals surface area contributed by atoms with Gasteiger partial charge < -0.3 is 4.57 Å². The number of carbonyl (C=O) groups is 1. The molecule has 0 saturated heterocycles. The first kappa shape index (κ1) is 17.4. The number of amides is 1. The number of benzene rings is 2. The van der Waals surface area contributed by atoms with Crippen molar-refractivity contribution in [3.63, 3.8) is 0 Å². The Labute approximate surface area is 146 Å². The zero-order valence-electron chi connectivity index (χ0n) is 12.5. The number of para-hydroxylation sites is 1. The third-order valence-electron chi connectivity index (χ3n) is 3.14.